The second-order valence-corrected chi connectivity index (χ2v) is 6.79. The minimum Gasteiger partial charge on any atom is -0.377 e. The molecule has 2 aromatic rings. The van der Waals surface area contributed by atoms with Crippen molar-refractivity contribution in [3.8, 4) is 0 Å². The van der Waals surface area contributed by atoms with Crippen molar-refractivity contribution < 1.29 is 18.7 Å². The van der Waals surface area contributed by atoms with Crippen LogP contribution in [0.3, 0.4) is 0 Å². The summed E-state index contributed by atoms with van der Waals surface area (Å²) in [5.41, 5.74) is 0.823. The fraction of sp³-hybridized carbons (Fsp3) is 0.375. The van der Waals surface area contributed by atoms with Gasteiger partial charge in [-0.1, -0.05) is 23.5 Å². The molecule has 2 amide bonds. The van der Waals surface area contributed by atoms with E-state index in [0.29, 0.717) is 29.8 Å². The zero-order chi connectivity index (χ0) is 17.8. The number of rotatable bonds is 6. The molecular formula is C16H17FN4O3S. The van der Waals surface area contributed by atoms with Gasteiger partial charge in [0, 0.05) is 26.6 Å². The second-order valence-electron chi connectivity index (χ2n) is 5.72. The third kappa shape index (κ3) is 4.37. The van der Waals surface area contributed by atoms with Gasteiger partial charge in [-0.25, -0.2) is 4.39 Å². The largest absolute Gasteiger partial charge is 0.377 e. The summed E-state index contributed by atoms with van der Waals surface area (Å²) >= 11 is 1.24. The molecule has 1 saturated heterocycles. The van der Waals surface area contributed by atoms with E-state index in [1.54, 1.807) is 24.1 Å². The number of carbonyl (C=O) groups is 2. The lowest BCUT2D eigenvalue weighted by Gasteiger charge is -2.16. The summed E-state index contributed by atoms with van der Waals surface area (Å²) in [5.74, 6) is -1.11. The third-order valence-corrected chi connectivity index (χ3v) is 4.65. The summed E-state index contributed by atoms with van der Waals surface area (Å²) in [6, 6.07) is 5.98. The van der Waals surface area contributed by atoms with Gasteiger partial charge in [0.25, 0.3) is 0 Å². The highest BCUT2D eigenvalue weighted by Gasteiger charge is 2.34. The van der Waals surface area contributed by atoms with E-state index in [9.17, 15) is 14.0 Å². The molecular weight excluding hydrogens is 347 g/mol. The average Bonchev–Trinajstić information content (AvgIpc) is 3.17. The molecule has 1 N–H and O–H groups in total. The van der Waals surface area contributed by atoms with Crippen LogP contribution in [0.4, 0.5) is 9.52 Å². The van der Waals surface area contributed by atoms with E-state index in [0.717, 1.165) is 5.56 Å². The zero-order valence-corrected chi connectivity index (χ0v) is 14.4. The number of hydrogen-bond donors (Lipinski definition) is 1. The molecule has 1 aromatic heterocycles. The molecule has 0 radical (unpaired) electrons. The molecule has 1 unspecified atom stereocenters. The number of aromatic nitrogens is 2. The van der Waals surface area contributed by atoms with Crippen molar-refractivity contribution in [3.05, 3.63) is 40.7 Å². The molecule has 0 bridgehead atoms. The molecule has 2 heterocycles. The van der Waals surface area contributed by atoms with Crippen LogP contribution in [0.25, 0.3) is 0 Å². The Labute approximate surface area is 147 Å². The Morgan fingerprint density at radius 1 is 1.40 bits per heavy atom. The van der Waals surface area contributed by atoms with Crippen molar-refractivity contribution in [2.45, 2.75) is 19.6 Å². The Hall–Kier alpha value is -2.39. The number of methoxy groups -OCH3 is 1. The lowest BCUT2D eigenvalue weighted by Crippen LogP contribution is -2.28. The molecule has 1 aromatic carbocycles. The van der Waals surface area contributed by atoms with Gasteiger partial charge in [0.1, 0.15) is 17.4 Å². The smallest absolute Gasteiger partial charge is 0.231 e. The minimum atomic E-state index is -0.442. The zero-order valence-electron chi connectivity index (χ0n) is 13.6. The predicted octanol–water partition coefficient (Wildman–Crippen LogP) is 1.81. The van der Waals surface area contributed by atoms with Crippen LogP contribution in [0.1, 0.15) is 17.0 Å². The van der Waals surface area contributed by atoms with Crippen molar-refractivity contribution in [3.63, 3.8) is 0 Å². The maximum Gasteiger partial charge on any atom is 0.231 e. The van der Waals surface area contributed by atoms with Crippen molar-refractivity contribution in [2.24, 2.45) is 5.92 Å². The van der Waals surface area contributed by atoms with Crippen LogP contribution in [-0.2, 0) is 27.5 Å². The number of nitrogens with one attached hydrogen (secondary N) is 1. The molecule has 0 aliphatic carbocycles. The lowest BCUT2D eigenvalue weighted by molar-refractivity contribution is -0.128. The van der Waals surface area contributed by atoms with Crippen LogP contribution < -0.4 is 5.32 Å². The Kier molecular flexibility index (Phi) is 5.34. The number of ether oxygens (including phenoxy) is 1. The maximum absolute atomic E-state index is 13.0. The standard InChI is InChI=1S/C16H17FN4O3S/c1-24-9-13-19-20-16(25-13)18-15(23)11-6-14(22)21(8-11)7-10-2-4-12(17)5-3-10/h2-5,11H,6-9H2,1H3,(H,18,20,23). The first-order valence-corrected chi connectivity index (χ1v) is 8.51. The van der Waals surface area contributed by atoms with Crippen LogP contribution >= 0.6 is 11.3 Å². The fourth-order valence-corrected chi connectivity index (χ4v) is 3.32. The van der Waals surface area contributed by atoms with E-state index in [2.05, 4.69) is 15.5 Å². The average molecular weight is 364 g/mol. The van der Waals surface area contributed by atoms with Crippen molar-refractivity contribution in [2.75, 3.05) is 19.0 Å². The molecule has 1 atom stereocenters. The summed E-state index contributed by atoms with van der Waals surface area (Å²) in [4.78, 5) is 26.1. The fourth-order valence-electron chi connectivity index (χ4n) is 2.60. The number of amides is 2. The van der Waals surface area contributed by atoms with Gasteiger partial charge in [0.05, 0.1) is 5.92 Å². The first-order chi connectivity index (χ1) is 12.0. The highest BCUT2D eigenvalue weighted by atomic mass is 32.1. The highest BCUT2D eigenvalue weighted by molar-refractivity contribution is 7.15. The van der Waals surface area contributed by atoms with E-state index in [1.165, 1.54) is 23.5 Å². The van der Waals surface area contributed by atoms with Gasteiger partial charge < -0.3 is 15.0 Å². The number of benzene rings is 1. The van der Waals surface area contributed by atoms with Crippen LogP contribution in [0, 0.1) is 11.7 Å². The molecule has 9 heteroatoms. The van der Waals surface area contributed by atoms with E-state index in [-0.39, 0.29) is 24.1 Å². The van der Waals surface area contributed by atoms with Crippen molar-refractivity contribution in [1.82, 2.24) is 15.1 Å². The van der Waals surface area contributed by atoms with Crippen LogP contribution in [0.2, 0.25) is 0 Å². The van der Waals surface area contributed by atoms with Gasteiger partial charge in [-0.15, -0.1) is 10.2 Å². The summed E-state index contributed by atoms with van der Waals surface area (Å²) in [6.45, 7) is 1.02. The molecule has 1 aliphatic rings. The Morgan fingerprint density at radius 3 is 2.88 bits per heavy atom. The Morgan fingerprint density at radius 2 is 2.16 bits per heavy atom. The third-order valence-electron chi connectivity index (χ3n) is 3.84. The van der Waals surface area contributed by atoms with Crippen molar-refractivity contribution in [1.29, 1.82) is 0 Å². The number of halogens is 1. The number of anilines is 1. The second kappa shape index (κ2) is 7.66. The van der Waals surface area contributed by atoms with Crippen molar-refractivity contribution >= 4 is 28.3 Å². The number of likely N-dealkylation sites (tertiary alicyclic amines) is 1. The summed E-state index contributed by atoms with van der Waals surface area (Å²) < 4.78 is 17.9. The summed E-state index contributed by atoms with van der Waals surface area (Å²) in [7, 11) is 1.56. The van der Waals surface area contributed by atoms with E-state index in [4.69, 9.17) is 4.74 Å². The molecule has 0 saturated carbocycles. The van der Waals surface area contributed by atoms with E-state index < -0.39 is 5.92 Å². The Balaban J connectivity index is 1.57. The van der Waals surface area contributed by atoms with E-state index in [1.807, 2.05) is 0 Å². The van der Waals surface area contributed by atoms with Crippen LogP contribution in [0.15, 0.2) is 24.3 Å². The number of nitrogens with zero attached hydrogens (tertiary/aromatic N) is 3. The van der Waals surface area contributed by atoms with Crippen LogP contribution in [0.5, 0.6) is 0 Å². The minimum absolute atomic E-state index is 0.0955. The maximum atomic E-state index is 13.0. The normalized spacial score (nSPS) is 17.1. The highest BCUT2D eigenvalue weighted by Crippen LogP contribution is 2.23. The summed E-state index contributed by atoms with van der Waals surface area (Å²) in [5, 5.41) is 11.5. The number of hydrogen-bond acceptors (Lipinski definition) is 6. The van der Waals surface area contributed by atoms with Gasteiger partial charge in [-0.2, -0.15) is 0 Å². The van der Waals surface area contributed by atoms with Gasteiger partial charge in [0.15, 0.2) is 0 Å². The van der Waals surface area contributed by atoms with Gasteiger partial charge >= 0.3 is 0 Å². The summed E-state index contributed by atoms with van der Waals surface area (Å²) in [6.07, 6.45) is 0.150. The molecule has 1 fully saturated rings. The SMILES string of the molecule is COCc1nnc(NC(=O)C2CC(=O)N(Cc3ccc(F)cc3)C2)s1. The first-order valence-electron chi connectivity index (χ1n) is 7.69. The van der Waals surface area contributed by atoms with Crippen LogP contribution in [-0.4, -0.2) is 40.6 Å². The number of carbonyl (C=O) groups excluding carboxylic acids is 2. The monoisotopic (exact) mass is 364 g/mol. The van der Waals surface area contributed by atoms with Gasteiger partial charge in [-0.05, 0) is 17.7 Å². The lowest BCUT2D eigenvalue weighted by atomic mass is 10.1. The van der Waals surface area contributed by atoms with Gasteiger partial charge in [0.2, 0.25) is 16.9 Å². The van der Waals surface area contributed by atoms with E-state index >= 15 is 0 Å². The van der Waals surface area contributed by atoms with Gasteiger partial charge in [-0.3, -0.25) is 9.59 Å². The molecule has 132 valence electrons. The molecule has 0 spiro atoms. The predicted molar refractivity (Wildman–Crippen MR) is 89.2 cm³/mol. The molecule has 25 heavy (non-hydrogen) atoms. The molecule has 3 rings (SSSR count). The quantitative estimate of drug-likeness (QED) is 0.845. The Bertz CT molecular complexity index is 765. The molecule has 1 aliphatic heterocycles. The molecule has 7 nitrogen and oxygen atoms in total. The first kappa shape index (κ1) is 17.4. The topological polar surface area (TPSA) is 84.4 Å².